The predicted molar refractivity (Wildman–Crippen MR) is 71.6 cm³/mol. The Labute approximate surface area is 107 Å². The lowest BCUT2D eigenvalue weighted by Crippen LogP contribution is -1.87. The summed E-state index contributed by atoms with van der Waals surface area (Å²) in [5, 5.41) is 2.49. The van der Waals surface area contributed by atoms with Crippen molar-refractivity contribution in [2.24, 2.45) is 0 Å². The van der Waals surface area contributed by atoms with Gasteiger partial charge in [-0.05, 0) is 35.6 Å². The Morgan fingerprint density at radius 3 is 2.39 bits per heavy atom. The first kappa shape index (κ1) is 13.0. The molecule has 0 spiro atoms. The lowest BCUT2D eigenvalue weighted by molar-refractivity contribution is 0.264. The van der Waals surface area contributed by atoms with Crippen molar-refractivity contribution < 1.29 is 8.78 Å². The third kappa shape index (κ3) is 3.80. The van der Waals surface area contributed by atoms with E-state index in [1.54, 1.807) is 0 Å². The van der Waals surface area contributed by atoms with Gasteiger partial charge in [-0.15, -0.1) is 0 Å². The quantitative estimate of drug-likeness (QED) is 0.602. The number of benzene rings is 2. The summed E-state index contributed by atoms with van der Waals surface area (Å²) in [4.78, 5) is 0. The molecule has 0 fully saturated rings. The molecule has 2 rings (SSSR count). The van der Waals surface area contributed by atoms with Gasteiger partial charge < -0.3 is 0 Å². The largest absolute Gasteiger partial charge is 0.310 e. The first-order valence-corrected chi connectivity index (χ1v) is 6.40. The van der Waals surface area contributed by atoms with Crippen molar-refractivity contribution in [3.05, 3.63) is 54.5 Å². The Kier molecular flexibility index (Phi) is 4.68. The predicted octanol–water partition coefficient (Wildman–Crippen LogP) is 5.37. The lowest BCUT2D eigenvalue weighted by atomic mass is 10.0. The minimum Gasteiger partial charge on any atom is -0.200 e. The van der Waals surface area contributed by atoms with Crippen LogP contribution in [0.1, 0.15) is 31.2 Å². The molecule has 95 valence electrons. The second kappa shape index (κ2) is 6.48. The van der Waals surface area contributed by atoms with Crippen LogP contribution in [0.5, 0.6) is 0 Å². The second-order valence-corrected chi connectivity index (χ2v) is 4.58. The summed E-state index contributed by atoms with van der Waals surface area (Å²) in [6.45, 7) is 0. The molecule has 0 aliphatic rings. The van der Waals surface area contributed by atoms with Crippen molar-refractivity contribution in [2.45, 2.75) is 32.1 Å². The van der Waals surface area contributed by atoms with Crippen LogP contribution in [0, 0.1) is 6.43 Å². The highest BCUT2D eigenvalue weighted by molar-refractivity contribution is 5.82. The zero-order valence-corrected chi connectivity index (χ0v) is 10.3. The molecule has 0 heterocycles. The summed E-state index contributed by atoms with van der Waals surface area (Å²) in [5.74, 6) is 0. The number of hydrogen-bond acceptors (Lipinski definition) is 0. The highest BCUT2D eigenvalue weighted by Crippen LogP contribution is 2.18. The van der Waals surface area contributed by atoms with E-state index < -0.39 is 6.43 Å². The van der Waals surface area contributed by atoms with Gasteiger partial charge in [0.15, 0.2) is 0 Å². The summed E-state index contributed by atoms with van der Waals surface area (Å²) in [5.41, 5.74) is 1.29. The van der Waals surface area contributed by atoms with E-state index in [-0.39, 0.29) is 6.42 Å². The first-order valence-electron chi connectivity index (χ1n) is 6.40. The summed E-state index contributed by atoms with van der Waals surface area (Å²) in [7, 11) is 0. The van der Waals surface area contributed by atoms with Crippen molar-refractivity contribution in [2.75, 3.05) is 0 Å². The fourth-order valence-corrected chi connectivity index (χ4v) is 2.16. The zero-order valence-electron chi connectivity index (χ0n) is 10.3. The summed E-state index contributed by atoms with van der Waals surface area (Å²) >= 11 is 0. The van der Waals surface area contributed by atoms with Crippen molar-refractivity contribution >= 4 is 10.8 Å². The van der Waals surface area contributed by atoms with Crippen molar-refractivity contribution in [3.63, 3.8) is 0 Å². The van der Waals surface area contributed by atoms with Crippen LogP contribution in [0.15, 0.2) is 42.5 Å². The van der Waals surface area contributed by atoms with Crippen LogP contribution in [0.25, 0.3) is 10.8 Å². The standard InChI is InChI=1S/C16H17F2/c17-16(18)9-3-1-2-6-13-10-11-14-7-4-5-8-15(14)12-13/h4-5,7-8,10-12H,1-3,6,9H2. The normalized spacial score (nSPS) is 11.3. The Bertz CT molecular complexity index is 491. The van der Waals surface area contributed by atoms with Crippen molar-refractivity contribution in [1.29, 1.82) is 0 Å². The molecule has 0 aliphatic carbocycles. The summed E-state index contributed by atoms with van der Waals surface area (Å²) in [6.07, 6.45) is 1.92. The van der Waals surface area contributed by atoms with Gasteiger partial charge in [0.1, 0.15) is 0 Å². The molecule has 0 atom stereocenters. The first-order chi connectivity index (χ1) is 8.75. The van der Waals surface area contributed by atoms with Crippen molar-refractivity contribution in [3.8, 4) is 0 Å². The molecule has 0 nitrogen and oxygen atoms in total. The van der Waals surface area contributed by atoms with Crippen LogP contribution in [0.3, 0.4) is 0 Å². The molecule has 0 aliphatic heterocycles. The third-order valence-electron chi connectivity index (χ3n) is 3.15. The number of fused-ring (bicyclic) bond motifs is 1. The molecule has 18 heavy (non-hydrogen) atoms. The molecule has 2 aromatic carbocycles. The monoisotopic (exact) mass is 247 g/mol. The van der Waals surface area contributed by atoms with Gasteiger partial charge in [-0.3, -0.25) is 0 Å². The van der Waals surface area contributed by atoms with Crippen LogP contribution < -0.4 is 0 Å². The Hall–Kier alpha value is -1.44. The molecular formula is C16H17F2. The number of unbranched alkanes of at least 4 members (excludes halogenated alkanes) is 2. The molecule has 0 N–H and O–H groups in total. The van der Waals surface area contributed by atoms with Crippen LogP contribution in [0.2, 0.25) is 0 Å². The molecule has 0 saturated heterocycles. The Morgan fingerprint density at radius 2 is 1.61 bits per heavy atom. The number of aryl methyl sites for hydroxylation is 1. The van der Waals surface area contributed by atoms with E-state index in [0.717, 1.165) is 19.3 Å². The highest BCUT2D eigenvalue weighted by atomic mass is 19.3. The summed E-state index contributed by atoms with van der Waals surface area (Å²) in [6, 6.07) is 14.7. The fourth-order valence-electron chi connectivity index (χ4n) is 2.16. The molecule has 0 saturated carbocycles. The van der Waals surface area contributed by atoms with E-state index >= 15 is 0 Å². The maximum absolute atomic E-state index is 11.9. The highest BCUT2D eigenvalue weighted by Gasteiger charge is 2.03. The average Bonchev–Trinajstić information content (AvgIpc) is 2.38. The van der Waals surface area contributed by atoms with Gasteiger partial charge in [0.2, 0.25) is 0 Å². The van der Waals surface area contributed by atoms with Gasteiger partial charge in [-0.1, -0.05) is 48.9 Å². The lowest BCUT2D eigenvalue weighted by Gasteiger charge is -2.04. The van der Waals surface area contributed by atoms with Gasteiger partial charge in [-0.25, -0.2) is 0 Å². The van der Waals surface area contributed by atoms with Crippen LogP contribution in [-0.4, -0.2) is 0 Å². The minimum atomic E-state index is -1.44. The minimum absolute atomic E-state index is 0.0439. The fraction of sp³-hybridized carbons (Fsp3) is 0.312. The molecule has 2 heteroatoms. The summed E-state index contributed by atoms with van der Waals surface area (Å²) < 4.78 is 23.8. The SMILES string of the molecule is F[C](F)CCCCCc1ccc2ccccc2c1. The molecule has 0 bridgehead atoms. The van der Waals surface area contributed by atoms with E-state index in [1.165, 1.54) is 16.3 Å². The maximum atomic E-state index is 11.9. The smallest absolute Gasteiger partial charge is 0.200 e. The van der Waals surface area contributed by atoms with Gasteiger partial charge in [0.05, 0.1) is 0 Å². The van der Waals surface area contributed by atoms with Gasteiger partial charge in [0, 0.05) is 6.42 Å². The molecular weight excluding hydrogens is 230 g/mol. The van der Waals surface area contributed by atoms with Crippen LogP contribution in [0.4, 0.5) is 8.78 Å². The van der Waals surface area contributed by atoms with E-state index in [0.29, 0.717) is 6.42 Å². The Balaban J connectivity index is 1.84. The Morgan fingerprint density at radius 1 is 0.833 bits per heavy atom. The zero-order chi connectivity index (χ0) is 12.8. The third-order valence-corrected chi connectivity index (χ3v) is 3.15. The molecule has 0 aromatic heterocycles. The average molecular weight is 247 g/mol. The van der Waals surface area contributed by atoms with E-state index in [1.807, 2.05) is 12.1 Å². The van der Waals surface area contributed by atoms with E-state index in [9.17, 15) is 8.78 Å². The number of rotatable bonds is 6. The molecule has 1 radical (unpaired) electrons. The van der Waals surface area contributed by atoms with Crippen molar-refractivity contribution in [1.82, 2.24) is 0 Å². The van der Waals surface area contributed by atoms with Gasteiger partial charge >= 0.3 is 6.43 Å². The van der Waals surface area contributed by atoms with E-state index in [2.05, 4.69) is 30.3 Å². The van der Waals surface area contributed by atoms with E-state index in [4.69, 9.17) is 0 Å². The molecule has 0 unspecified atom stereocenters. The van der Waals surface area contributed by atoms with Gasteiger partial charge in [0.25, 0.3) is 0 Å². The maximum Gasteiger partial charge on any atom is 0.310 e. The van der Waals surface area contributed by atoms with Crippen LogP contribution >= 0.6 is 0 Å². The topological polar surface area (TPSA) is 0 Å². The van der Waals surface area contributed by atoms with Gasteiger partial charge in [-0.2, -0.15) is 8.78 Å². The molecule has 0 amide bonds. The number of halogens is 2. The molecule has 2 aromatic rings. The second-order valence-electron chi connectivity index (χ2n) is 4.58. The number of hydrogen-bond donors (Lipinski definition) is 0. The van der Waals surface area contributed by atoms with Crippen LogP contribution in [-0.2, 0) is 6.42 Å².